The number of unbranched alkanes of at least 4 members (excludes halogenated alkanes) is 1. The number of phenols is 2. The van der Waals surface area contributed by atoms with E-state index in [2.05, 4.69) is 0 Å². The summed E-state index contributed by atoms with van der Waals surface area (Å²) in [7, 11) is 0. The number of phenolic OH excluding ortho intramolecular Hbond substituents is 2. The summed E-state index contributed by atoms with van der Waals surface area (Å²) in [6.07, 6.45) is 1.62. The smallest absolute Gasteiger partial charge is 0.125 e. The van der Waals surface area contributed by atoms with Crippen LogP contribution in [0.5, 0.6) is 11.5 Å². The second-order valence-corrected chi connectivity index (χ2v) is 3.87. The van der Waals surface area contributed by atoms with Crippen LogP contribution in [-0.2, 0) is 0 Å². The zero-order valence-electron chi connectivity index (χ0n) is 9.20. The molecule has 0 heterocycles. The second-order valence-electron chi connectivity index (χ2n) is 3.87. The van der Waals surface area contributed by atoms with Crippen LogP contribution in [-0.4, -0.2) is 15.3 Å². The molecule has 0 amide bonds. The Bertz CT molecular complexity index is 311. The molecule has 0 saturated heterocycles. The number of hydrogen-bond donors (Lipinski definition) is 3. The summed E-state index contributed by atoms with van der Waals surface area (Å²) in [6.45, 7) is 3.81. The molecule has 1 aromatic rings. The second kappa shape index (κ2) is 5.03. The maximum atomic E-state index is 9.78. The highest BCUT2D eigenvalue weighted by Crippen LogP contribution is 2.35. The maximum absolute atomic E-state index is 9.78. The first-order valence-corrected chi connectivity index (χ1v) is 5.26. The van der Waals surface area contributed by atoms with Gasteiger partial charge in [0.15, 0.2) is 0 Å². The molecule has 1 atom stereocenters. The van der Waals surface area contributed by atoms with Gasteiger partial charge in [0.25, 0.3) is 0 Å². The Morgan fingerprint density at radius 3 is 2.20 bits per heavy atom. The molecular weight excluding hydrogens is 192 g/mol. The SMILES string of the molecule is CCCCC(O)c1c(O)cc(C)cc1O. The minimum atomic E-state index is -0.787. The van der Waals surface area contributed by atoms with Gasteiger partial charge < -0.3 is 15.3 Å². The predicted molar refractivity (Wildman–Crippen MR) is 59.0 cm³/mol. The summed E-state index contributed by atoms with van der Waals surface area (Å²) >= 11 is 0. The van der Waals surface area contributed by atoms with Gasteiger partial charge in [0, 0.05) is 0 Å². The molecule has 0 bridgehead atoms. The van der Waals surface area contributed by atoms with E-state index in [1.54, 1.807) is 19.1 Å². The van der Waals surface area contributed by atoms with Gasteiger partial charge in [-0.25, -0.2) is 0 Å². The Kier molecular flexibility index (Phi) is 3.97. The normalized spacial score (nSPS) is 12.7. The van der Waals surface area contributed by atoms with Gasteiger partial charge in [-0.1, -0.05) is 19.8 Å². The Labute approximate surface area is 90.0 Å². The van der Waals surface area contributed by atoms with Crippen molar-refractivity contribution in [2.24, 2.45) is 0 Å². The maximum Gasteiger partial charge on any atom is 0.125 e. The van der Waals surface area contributed by atoms with Gasteiger partial charge in [0.05, 0.1) is 11.7 Å². The molecule has 3 N–H and O–H groups in total. The fourth-order valence-corrected chi connectivity index (χ4v) is 1.64. The Morgan fingerprint density at radius 1 is 1.20 bits per heavy atom. The van der Waals surface area contributed by atoms with Crippen molar-refractivity contribution in [3.63, 3.8) is 0 Å². The molecule has 15 heavy (non-hydrogen) atoms. The summed E-state index contributed by atoms with van der Waals surface area (Å²) in [5.41, 5.74) is 1.02. The number of rotatable bonds is 4. The minimum Gasteiger partial charge on any atom is -0.507 e. The van der Waals surface area contributed by atoms with Crippen molar-refractivity contribution in [3.05, 3.63) is 23.3 Å². The van der Waals surface area contributed by atoms with Crippen LogP contribution in [0.1, 0.15) is 43.4 Å². The first-order chi connectivity index (χ1) is 7.06. The van der Waals surface area contributed by atoms with Crippen LogP contribution < -0.4 is 0 Å². The Balaban J connectivity index is 2.92. The largest absolute Gasteiger partial charge is 0.507 e. The lowest BCUT2D eigenvalue weighted by molar-refractivity contribution is 0.157. The molecule has 1 aromatic carbocycles. The van der Waals surface area contributed by atoms with Crippen LogP contribution in [0.25, 0.3) is 0 Å². The summed E-state index contributed by atoms with van der Waals surface area (Å²) < 4.78 is 0. The molecule has 3 nitrogen and oxygen atoms in total. The molecule has 0 spiro atoms. The van der Waals surface area contributed by atoms with Crippen LogP contribution in [0.2, 0.25) is 0 Å². The average Bonchev–Trinajstić information content (AvgIpc) is 2.12. The van der Waals surface area contributed by atoms with Crippen LogP contribution >= 0.6 is 0 Å². The molecule has 1 unspecified atom stereocenters. The van der Waals surface area contributed by atoms with Gasteiger partial charge in [0.2, 0.25) is 0 Å². The number of aromatic hydroxyl groups is 2. The zero-order valence-corrected chi connectivity index (χ0v) is 9.20. The third kappa shape index (κ3) is 2.86. The van der Waals surface area contributed by atoms with E-state index in [1.165, 1.54) is 0 Å². The monoisotopic (exact) mass is 210 g/mol. The van der Waals surface area contributed by atoms with Crippen molar-refractivity contribution in [2.45, 2.75) is 39.2 Å². The van der Waals surface area contributed by atoms with Crippen molar-refractivity contribution in [3.8, 4) is 11.5 Å². The molecule has 84 valence electrons. The fourth-order valence-electron chi connectivity index (χ4n) is 1.64. The highest BCUT2D eigenvalue weighted by molar-refractivity contribution is 5.47. The van der Waals surface area contributed by atoms with E-state index in [1.807, 2.05) is 6.92 Å². The predicted octanol–water partition coefficient (Wildman–Crippen LogP) is 2.63. The topological polar surface area (TPSA) is 60.7 Å². The summed E-state index contributed by atoms with van der Waals surface area (Å²) in [4.78, 5) is 0. The third-order valence-electron chi connectivity index (χ3n) is 2.45. The molecule has 0 saturated carbocycles. The first kappa shape index (κ1) is 11.9. The van der Waals surface area contributed by atoms with Crippen molar-refractivity contribution < 1.29 is 15.3 Å². The minimum absolute atomic E-state index is 0.0314. The number of aryl methyl sites for hydroxylation is 1. The van der Waals surface area contributed by atoms with Crippen LogP contribution in [0.15, 0.2) is 12.1 Å². The molecule has 0 aliphatic heterocycles. The van der Waals surface area contributed by atoms with Gasteiger partial charge in [-0.2, -0.15) is 0 Å². The molecule has 0 aromatic heterocycles. The summed E-state index contributed by atoms with van der Waals surface area (Å²) in [5, 5.41) is 29.0. The number of benzene rings is 1. The molecule has 1 rings (SSSR count). The molecule has 0 aliphatic carbocycles. The van der Waals surface area contributed by atoms with Gasteiger partial charge in [-0.3, -0.25) is 0 Å². The Hall–Kier alpha value is -1.22. The lowest BCUT2D eigenvalue weighted by Crippen LogP contribution is -1.98. The quantitative estimate of drug-likeness (QED) is 0.716. The van der Waals surface area contributed by atoms with Gasteiger partial charge in [-0.15, -0.1) is 0 Å². The van der Waals surface area contributed by atoms with Gasteiger partial charge in [-0.05, 0) is 31.0 Å². The van der Waals surface area contributed by atoms with E-state index in [4.69, 9.17) is 0 Å². The number of hydrogen-bond acceptors (Lipinski definition) is 3. The van der Waals surface area contributed by atoms with E-state index < -0.39 is 6.10 Å². The molecule has 3 heteroatoms. The third-order valence-corrected chi connectivity index (χ3v) is 2.45. The van der Waals surface area contributed by atoms with Crippen LogP contribution in [0, 0.1) is 6.92 Å². The number of aliphatic hydroxyl groups excluding tert-OH is 1. The lowest BCUT2D eigenvalue weighted by atomic mass is 10.0. The molecular formula is C12H18O3. The van der Waals surface area contributed by atoms with Crippen molar-refractivity contribution in [2.75, 3.05) is 0 Å². The van der Waals surface area contributed by atoms with E-state index in [0.717, 1.165) is 18.4 Å². The van der Waals surface area contributed by atoms with Crippen molar-refractivity contribution >= 4 is 0 Å². The van der Waals surface area contributed by atoms with Gasteiger partial charge >= 0.3 is 0 Å². The molecule has 0 fully saturated rings. The van der Waals surface area contributed by atoms with E-state index in [9.17, 15) is 15.3 Å². The van der Waals surface area contributed by atoms with E-state index >= 15 is 0 Å². The van der Waals surface area contributed by atoms with E-state index in [-0.39, 0.29) is 17.1 Å². The highest BCUT2D eigenvalue weighted by atomic mass is 16.3. The standard InChI is InChI=1S/C12H18O3/c1-3-4-5-9(13)12-10(14)6-8(2)7-11(12)15/h6-7,9,13-15H,3-5H2,1-2H3. The van der Waals surface area contributed by atoms with Crippen LogP contribution in [0.4, 0.5) is 0 Å². The lowest BCUT2D eigenvalue weighted by Gasteiger charge is -2.14. The van der Waals surface area contributed by atoms with Crippen molar-refractivity contribution in [1.29, 1.82) is 0 Å². The van der Waals surface area contributed by atoms with E-state index in [0.29, 0.717) is 6.42 Å². The highest BCUT2D eigenvalue weighted by Gasteiger charge is 2.16. The van der Waals surface area contributed by atoms with Crippen LogP contribution in [0.3, 0.4) is 0 Å². The van der Waals surface area contributed by atoms with Gasteiger partial charge in [0.1, 0.15) is 11.5 Å². The Morgan fingerprint density at radius 2 is 1.73 bits per heavy atom. The first-order valence-electron chi connectivity index (χ1n) is 5.26. The molecule has 0 aliphatic rings. The number of aliphatic hydroxyl groups is 1. The average molecular weight is 210 g/mol. The zero-order chi connectivity index (χ0) is 11.4. The summed E-state index contributed by atoms with van der Waals surface area (Å²) in [5.74, 6) is -0.0628. The van der Waals surface area contributed by atoms with Crippen molar-refractivity contribution in [1.82, 2.24) is 0 Å². The fraction of sp³-hybridized carbons (Fsp3) is 0.500. The molecule has 0 radical (unpaired) electrons. The summed E-state index contributed by atoms with van der Waals surface area (Å²) in [6, 6.07) is 3.09.